The van der Waals surface area contributed by atoms with E-state index < -0.39 is 0 Å². The largest absolute Gasteiger partial charge is 0.352 e. The second-order valence-electron chi connectivity index (χ2n) is 8.39. The van der Waals surface area contributed by atoms with Gasteiger partial charge in [-0.3, -0.25) is 9.36 Å². The molecular formula is C26H24N6OS. The van der Waals surface area contributed by atoms with Crippen LogP contribution in [0, 0.1) is 0 Å². The van der Waals surface area contributed by atoms with E-state index in [1.165, 1.54) is 0 Å². The molecule has 8 heteroatoms. The highest BCUT2D eigenvalue weighted by Crippen LogP contribution is 2.27. The first-order valence-corrected chi connectivity index (χ1v) is 12.4. The summed E-state index contributed by atoms with van der Waals surface area (Å²) in [7, 11) is 0. The van der Waals surface area contributed by atoms with Gasteiger partial charge < -0.3 is 9.80 Å². The summed E-state index contributed by atoms with van der Waals surface area (Å²) < 4.78 is 2.17. The SMILES string of the molecule is O=C(CCc1nc2ccccc2n1-c1ccccc1)N1CCN(c2ncnc3sccc23)CC1. The second-order valence-corrected chi connectivity index (χ2v) is 9.29. The summed E-state index contributed by atoms with van der Waals surface area (Å²) in [6, 6.07) is 20.4. The van der Waals surface area contributed by atoms with E-state index in [0.29, 0.717) is 25.9 Å². The third kappa shape index (κ3) is 3.80. The Labute approximate surface area is 201 Å². The van der Waals surface area contributed by atoms with Crippen LogP contribution in [-0.2, 0) is 11.2 Å². The van der Waals surface area contributed by atoms with Crippen molar-refractivity contribution in [1.29, 1.82) is 0 Å². The van der Waals surface area contributed by atoms with Crippen LogP contribution in [-0.4, -0.2) is 56.5 Å². The summed E-state index contributed by atoms with van der Waals surface area (Å²) in [5.74, 6) is 2.06. The number of para-hydroxylation sites is 3. The average molecular weight is 469 g/mol. The van der Waals surface area contributed by atoms with Crippen molar-refractivity contribution in [2.45, 2.75) is 12.8 Å². The Morgan fingerprint density at radius 2 is 1.71 bits per heavy atom. The van der Waals surface area contributed by atoms with Crippen LogP contribution in [0.4, 0.5) is 5.82 Å². The molecule has 4 heterocycles. The third-order valence-corrected chi connectivity index (χ3v) is 7.20. The van der Waals surface area contributed by atoms with Crippen molar-refractivity contribution in [3.63, 3.8) is 0 Å². The number of carbonyl (C=O) groups excluding carboxylic acids is 1. The molecule has 1 saturated heterocycles. The zero-order chi connectivity index (χ0) is 22.9. The molecule has 3 aromatic heterocycles. The van der Waals surface area contributed by atoms with Gasteiger partial charge in [0.05, 0.1) is 16.4 Å². The Morgan fingerprint density at radius 3 is 2.56 bits per heavy atom. The van der Waals surface area contributed by atoms with Crippen LogP contribution in [0.3, 0.4) is 0 Å². The van der Waals surface area contributed by atoms with E-state index in [0.717, 1.165) is 51.7 Å². The molecule has 6 rings (SSSR count). The number of hydrogen-bond acceptors (Lipinski definition) is 6. The molecular weight excluding hydrogens is 444 g/mol. The van der Waals surface area contributed by atoms with E-state index >= 15 is 0 Å². The van der Waals surface area contributed by atoms with Crippen LogP contribution < -0.4 is 4.90 Å². The number of imidazole rings is 1. The Balaban J connectivity index is 1.15. The first kappa shape index (κ1) is 20.8. The molecule has 5 aromatic rings. The van der Waals surface area contributed by atoms with E-state index in [2.05, 4.69) is 43.7 Å². The van der Waals surface area contributed by atoms with E-state index in [4.69, 9.17) is 4.98 Å². The Bertz CT molecular complexity index is 1450. The second kappa shape index (κ2) is 8.87. The number of benzene rings is 2. The minimum Gasteiger partial charge on any atom is -0.352 e. The molecule has 1 aliphatic heterocycles. The monoisotopic (exact) mass is 468 g/mol. The van der Waals surface area contributed by atoms with Crippen LogP contribution in [0.2, 0.25) is 0 Å². The van der Waals surface area contributed by atoms with Gasteiger partial charge in [0, 0.05) is 44.7 Å². The number of hydrogen-bond donors (Lipinski definition) is 0. The fourth-order valence-electron chi connectivity index (χ4n) is 4.68. The van der Waals surface area contributed by atoms with E-state index in [1.807, 2.05) is 46.7 Å². The zero-order valence-corrected chi connectivity index (χ0v) is 19.5. The Kier molecular flexibility index (Phi) is 5.43. The molecule has 0 aliphatic carbocycles. The van der Waals surface area contributed by atoms with Crippen LogP contribution in [0.25, 0.3) is 26.9 Å². The molecule has 0 bridgehead atoms. The summed E-state index contributed by atoms with van der Waals surface area (Å²) in [6.45, 7) is 2.94. The van der Waals surface area contributed by atoms with Crippen LogP contribution in [0.15, 0.2) is 72.4 Å². The number of carbonyl (C=O) groups is 1. The quantitative estimate of drug-likeness (QED) is 0.385. The number of piperazine rings is 1. The minimum absolute atomic E-state index is 0.176. The van der Waals surface area contributed by atoms with Gasteiger partial charge in [-0.25, -0.2) is 15.0 Å². The molecule has 1 aliphatic rings. The lowest BCUT2D eigenvalue weighted by Gasteiger charge is -2.35. The summed E-state index contributed by atoms with van der Waals surface area (Å²) in [6.07, 6.45) is 2.67. The van der Waals surface area contributed by atoms with Crippen molar-refractivity contribution in [1.82, 2.24) is 24.4 Å². The molecule has 7 nitrogen and oxygen atoms in total. The molecule has 0 N–H and O–H groups in total. The van der Waals surface area contributed by atoms with Gasteiger partial charge in [-0.2, -0.15) is 0 Å². The summed E-state index contributed by atoms with van der Waals surface area (Å²) in [5.41, 5.74) is 3.08. The van der Waals surface area contributed by atoms with E-state index in [9.17, 15) is 4.79 Å². The Morgan fingerprint density at radius 1 is 0.912 bits per heavy atom. The topological polar surface area (TPSA) is 67.2 Å². The van der Waals surface area contributed by atoms with Gasteiger partial charge >= 0.3 is 0 Å². The van der Waals surface area contributed by atoms with Gasteiger partial charge in [0.25, 0.3) is 0 Å². The molecule has 34 heavy (non-hydrogen) atoms. The van der Waals surface area contributed by atoms with E-state index in [1.54, 1.807) is 17.7 Å². The maximum absolute atomic E-state index is 13.1. The highest BCUT2D eigenvalue weighted by atomic mass is 32.1. The summed E-state index contributed by atoms with van der Waals surface area (Å²) in [5, 5.41) is 3.14. The van der Waals surface area contributed by atoms with Crippen molar-refractivity contribution in [3.05, 3.63) is 78.2 Å². The predicted octanol–water partition coefficient (Wildman–Crippen LogP) is 4.31. The van der Waals surface area contributed by atoms with Crippen LogP contribution in [0.1, 0.15) is 12.2 Å². The minimum atomic E-state index is 0.176. The highest BCUT2D eigenvalue weighted by molar-refractivity contribution is 7.16. The predicted molar refractivity (Wildman–Crippen MR) is 136 cm³/mol. The van der Waals surface area contributed by atoms with Crippen molar-refractivity contribution >= 4 is 44.3 Å². The number of thiophene rings is 1. The van der Waals surface area contributed by atoms with E-state index in [-0.39, 0.29) is 5.91 Å². The summed E-state index contributed by atoms with van der Waals surface area (Å²) in [4.78, 5) is 32.0. The number of aryl methyl sites for hydroxylation is 1. The molecule has 2 aromatic carbocycles. The molecule has 0 unspecified atom stereocenters. The van der Waals surface area contributed by atoms with Crippen molar-refractivity contribution in [2.75, 3.05) is 31.1 Å². The molecule has 0 spiro atoms. The fraction of sp³-hybridized carbons (Fsp3) is 0.231. The van der Waals surface area contributed by atoms with Crippen molar-refractivity contribution in [3.8, 4) is 5.69 Å². The number of fused-ring (bicyclic) bond motifs is 2. The van der Waals surface area contributed by atoms with Gasteiger partial charge in [0.15, 0.2) is 0 Å². The number of anilines is 1. The maximum Gasteiger partial charge on any atom is 0.223 e. The first-order chi connectivity index (χ1) is 16.8. The molecule has 1 amide bonds. The molecule has 0 atom stereocenters. The van der Waals surface area contributed by atoms with Gasteiger partial charge in [-0.1, -0.05) is 30.3 Å². The highest BCUT2D eigenvalue weighted by Gasteiger charge is 2.24. The smallest absolute Gasteiger partial charge is 0.223 e. The standard InChI is InChI=1S/C26H24N6OS/c33-24(30-13-15-31(16-14-30)25-20-12-17-34-26(20)28-18-27-25)11-10-23-29-21-8-4-5-9-22(21)32(23)19-6-2-1-3-7-19/h1-9,12,17-18H,10-11,13-16H2. The van der Waals surface area contributed by atoms with Crippen LogP contribution >= 0.6 is 11.3 Å². The third-order valence-electron chi connectivity index (χ3n) is 6.38. The Hall–Kier alpha value is -3.78. The number of amides is 1. The molecule has 1 fully saturated rings. The number of aromatic nitrogens is 4. The summed E-state index contributed by atoms with van der Waals surface area (Å²) >= 11 is 1.63. The lowest BCUT2D eigenvalue weighted by molar-refractivity contribution is -0.131. The lowest BCUT2D eigenvalue weighted by atomic mass is 10.2. The first-order valence-electron chi connectivity index (χ1n) is 11.5. The lowest BCUT2D eigenvalue weighted by Crippen LogP contribution is -2.49. The molecule has 170 valence electrons. The average Bonchev–Trinajstić information content (AvgIpc) is 3.52. The zero-order valence-electron chi connectivity index (χ0n) is 18.7. The van der Waals surface area contributed by atoms with Crippen molar-refractivity contribution in [2.24, 2.45) is 0 Å². The van der Waals surface area contributed by atoms with Gasteiger partial charge in [0.1, 0.15) is 22.8 Å². The van der Waals surface area contributed by atoms with Gasteiger partial charge in [0.2, 0.25) is 5.91 Å². The van der Waals surface area contributed by atoms with Gasteiger partial charge in [-0.15, -0.1) is 11.3 Å². The van der Waals surface area contributed by atoms with Crippen LogP contribution in [0.5, 0.6) is 0 Å². The molecule has 0 saturated carbocycles. The fourth-order valence-corrected chi connectivity index (χ4v) is 5.41. The van der Waals surface area contributed by atoms with Crippen molar-refractivity contribution < 1.29 is 4.79 Å². The number of nitrogens with zero attached hydrogens (tertiary/aromatic N) is 6. The van der Waals surface area contributed by atoms with Gasteiger partial charge in [-0.05, 0) is 35.7 Å². The molecule has 0 radical (unpaired) electrons. The normalized spacial score (nSPS) is 14.2. The number of rotatable bonds is 5. The maximum atomic E-state index is 13.1.